The van der Waals surface area contributed by atoms with Crippen molar-refractivity contribution in [3.63, 3.8) is 0 Å². The Morgan fingerprint density at radius 2 is 1.85 bits per heavy atom. The lowest BCUT2D eigenvalue weighted by atomic mass is 9.95. The number of nitrogens with zero attached hydrogens (tertiary/aromatic N) is 1. The van der Waals surface area contributed by atoms with Gasteiger partial charge in [0.15, 0.2) is 0 Å². The summed E-state index contributed by atoms with van der Waals surface area (Å²) < 4.78 is 20.0. The molecular formula is C21H21FN2O2. The molecule has 0 unspecified atom stereocenters. The SMILES string of the molecule is COc1ccc(NC(=O)C(C)(C)C)c(-c2nc3ccccc3cc2F)c1. The largest absolute Gasteiger partial charge is 0.497 e. The van der Waals surface area contributed by atoms with Gasteiger partial charge in [0.1, 0.15) is 17.3 Å². The zero-order valence-corrected chi connectivity index (χ0v) is 15.3. The van der Waals surface area contributed by atoms with E-state index < -0.39 is 11.2 Å². The van der Waals surface area contributed by atoms with E-state index in [0.29, 0.717) is 22.5 Å². The van der Waals surface area contributed by atoms with Crippen LogP contribution in [0.1, 0.15) is 20.8 Å². The highest BCUT2D eigenvalue weighted by Gasteiger charge is 2.23. The molecule has 1 amide bonds. The molecule has 5 heteroatoms. The summed E-state index contributed by atoms with van der Waals surface area (Å²) in [5.41, 5.74) is 1.25. The number of carbonyl (C=O) groups is 1. The number of hydrogen-bond acceptors (Lipinski definition) is 3. The molecular weight excluding hydrogens is 331 g/mol. The third kappa shape index (κ3) is 3.52. The van der Waals surface area contributed by atoms with Crippen LogP contribution in [0, 0.1) is 11.2 Å². The summed E-state index contributed by atoms with van der Waals surface area (Å²) in [6, 6.07) is 13.9. The maximum Gasteiger partial charge on any atom is 0.229 e. The standard InChI is InChI=1S/C21H21FN2O2/c1-21(2,3)20(25)24-18-10-9-14(26-4)12-15(18)19-16(22)11-13-7-5-6-8-17(13)23-19/h5-12H,1-4H3,(H,24,25). The Labute approximate surface area is 152 Å². The molecule has 0 aliphatic heterocycles. The van der Waals surface area contributed by atoms with Crippen molar-refractivity contribution < 1.29 is 13.9 Å². The van der Waals surface area contributed by atoms with Gasteiger partial charge in [0.25, 0.3) is 0 Å². The Kier molecular flexibility index (Phi) is 4.64. The molecule has 0 bridgehead atoms. The summed E-state index contributed by atoms with van der Waals surface area (Å²) in [6.45, 7) is 5.46. The van der Waals surface area contributed by atoms with Gasteiger partial charge in [-0.15, -0.1) is 0 Å². The first-order chi connectivity index (χ1) is 12.3. The Balaban J connectivity index is 2.16. The summed E-state index contributed by atoms with van der Waals surface area (Å²) in [4.78, 5) is 16.9. The highest BCUT2D eigenvalue weighted by molar-refractivity contribution is 5.98. The molecule has 0 saturated heterocycles. The molecule has 1 heterocycles. The lowest BCUT2D eigenvalue weighted by Gasteiger charge is -2.20. The Morgan fingerprint density at radius 1 is 1.12 bits per heavy atom. The highest BCUT2D eigenvalue weighted by atomic mass is 19.1. The van der Waals surface area contributed by atoms with E-state index in [-0.39, 0.29) is 11.6 Å². The lowest BCUT2D eigenvalue weighted by Crippen LogP contribution is -2.27. The van der Waals surface area contributed by atoms with Crippen molar-refractivity contribution in [1.29, 1.82) is 0 Å². The number of halogens is 1. The topological polar surface area (TPSA) is 51.2 Å². The van der Waals surface area contributed by atoms with Crippen molar-refractivity contribution in [1.82, 2.24) is 4.98 Å². The van der Waals surface area contributed by atoms with E-state index >= 15 is 0 Å². The predicted octanol–water partition coefficient (Wildman–Crippen LogP) is 5.03. The van der Waals surface area contributed by atoms with Crippen molar-refractivity contribution in [3.8, 4) is 17.0 Å². The Bertz CT molecular complexity index is 977. The zero-order valence-electron chi connectivity index (χ0n) is 15.3. The van der Waals surface area contributed by atoms with E-state index in [1.807, 2.05) is 45.0 Å². The molecule has 0 saturated carbocycles. The second kappa shape index (κ2) is 6.75. The number of pyridine rings is 1. The Hall–Kier alpha value is -2.95. The molecule has 0 aliphatic rings. The second-order valence-corrected chi connectivity index (χ2v) is 7.13. The van der Waals surface area contributed by atoms with Gasteiger partial charge in [0.2, 0.25) is 5.91 Å². The molecule has 0 spiro atoms. The number of aromatic nitrogens is 1. The number of anilines is 1. The summed E-state index contributed by atoms with van der Waals surface area (Å²) in [7, 11) is 1.54. The molecule has 2 aromatic carbocycles. The minimum absolute atomic E-state index is 0.162. The molecule has 1 N–H and O–H groups in total. The fourth-order valence-corrected chi connectivity index (χ4v) is 2.54. The first-order valence-corrected chi connectivity index (χ1v) is 8.35. The van der Waals surface area contributed by atoms with E-state index in [0.717, 1.165) is 5.39 Å². The second-order valence-electron chi connectivity index (χ2n) is 7.13. The van der Waals surface area contributed by atoms with Crippen LogP contribution in [0.15, 0.2) is 48.5 Å². The third-order valence-corrected chi connectivity index (χ3v) is 4.09. The average Bonchev–Trinajstić information content (AvgIpc) is 2.60. The number of amides is 1. The van der Waals surface area contributed by atoms with Crippen molar-refractivity contribution in [2.24, 2.45) is 5.41 Å². The number of carbonyl (C=O) groups excluding carboxylic acids is 1. The summed E-state index contributed by atoms with van der Waals surface area (Å²) in [5, 5.41) is 3.59. The van der Waals surface area contributed by atoms with Crippen LogP contribution in [0.5, 0.6) is 5.75 Å². The quantitative estimate of drug-likeness (QED) is 0.719. The van der Waals surface area contributed by atoms with Crippen LogP contribution >= 0.6 is 0 Å². The van der Waals surface area contributed by atoms with Crippen molar-refractivity contribution in [3.05, 3.63) is 54.3 Å². The van der Waals surface area contributed by atoms with Crippen LogP contribution in [-0.2, 0) is 4.79 Å². The summed E-state index contributed by atoms with van der Waals surface area (Å²) in [5.74, 6) is -0.0589. The molecule has 0 radical (unpaired) electrons. The van der Waals surface area contributed by atoms with Crippen molar-refractivity contribution >= 4 is 22.5 Å². The number of para-hydroxylation sites is 1. The first-order valence-electron chi connectivity index (χ1n) is 8.35. The smallest absolute Gasteiger partial charge is 0.229 e. The van der Waals surface area contributed by atoms with Crippen LogP contribution in [-0.4, -0.2) is 18.0 Å². The van der Waals surface area contributed by atoms with Gasteiger partial charge >= 0.3 is 0 Å². The van der Waals surface area contributed by atoms with Crippen LogP contribution in [0.25, 0.3) is 22.2 Å². The van der Waals surface area contributed by atoms with Gasteiger partial charge in [-0.1, -0.05) is 39.0 Å². The number of hydrogen-bond donors (Lipinski definition) is 1. The minimum atomic E-state index is -0.577. The van der Waals surface area contributed by atoms with Gasteiger partial charge in [-0.2, -0.15) is 0 Å². The van der Waals surface area contributed by atoms with E-state index in [2.05, 4.69) is 10.3 Å². The van der Waals surface area contributed by atoms with E-state index in [4.69, 9.17) is 4.74 Å². The maximum absolute atomic E-state index is 14.8. The first kappa shape index (κ1) is 17.9. The fourth-order valence-electron chi connectivity index (χ4n) is 2.54. The van der Waals surface area contributed by atoms with E-state index in [1.54, 1.807) is 18.2 Å². The van der Waals surface area contributed by atoms with Crippen LogP contribution in [0.4, 0.5) is 10.1 Å². The number of fused-ring (bicyclic) bond motifs is 1. The maximum atomic E-state index is 14.8. The number of methoxy groups -OCH3 is 1. The molecule has 0 atom stereocenters. The van der Waals surface area contributed by atoms with Gasteiger partial charge in [-0.05, 0) is 30.3 Å². The number of ether oxygens (including phenoxy) is 1. The predicted molar refractivity (Wildman–Crippen MR) is 102 cm³/mol. The normalized spacial score (nSPS) is 11.4. The summed E-state index contributed by atoms with van der Waals surface area (Å²) >= 11 is 0. The number of benzene rings is 2. The molecule has 3 aromatic rings. The van der Waals surface area contributed by atoms with Gasteiger partial charge < -0.3 is 10.1 Å². The van der Waals surface area contributed by atoms with E-state index in [9.17, 15) is 9.18 Å². The zero-order chi connectivity index (χ0) is 18.9. The van der Waals surface area contributed by atoms with Crippen LogP contribution < -0.4 is 10.1 Å². The molecule has 3 rings (SSSR count). The molecule has 0 fully saturated rings. The van der Waals surface area contributed by atoms with Crippen molar-refractivity contribution in [2.45, 2.75) is 20.8 Å². The lowest BCUT2D eigenvalue weighted by molar-refractivity contribution is -0.123. The number of nitrogens with one attached hydrogen (secondary N) is 1. The fraction of sp³-hybridized carbons (Fsp3) is 0.238. The Morgan fingerprint density at radius 3 is 2.54 bits per heavy atom. The average molecular weight is 352 g/mol. The van der Waals surface area contributed by atoms with Gasteiger partial charge in [-0.3, -0.25) is 4.79 Å². The van der Waals surface area contributed by atoms with Gasteiger partial charge in [-0.25, -0.2) is 9.37 Å². The third-order valence-electron chi connectivity index (χ3n) is 4.09. The van der Waals surface area contributed by atoms with Gasteiger partial charge in [0.05, 0.1) is 18.3 Å². The monoisotopic (exact) mass is 352 g/mol. The van der Waals surface area contributed by atoms with Gasteiger partial charge in [0, 0.05) is 16.4 Å². The number of rotatable bonds is 3. The molecule has 1 aromatic heterocycles. The van der Waals surface area contributed by atoms with Crippen molar-refractivity contribution in [2.75, 3.05) is 12.4 Å². The molecule has 26 heavy (non-hydrogen) atoms. The molecule has 4 nitrogen and oxygen atoms in total. The van der Waals surface area contributed by atoms with Crippen LogP contribution in [0.3, 0.4) is 0 Å². The summed E-state index contributed by atoms with van der Waals surface area (Å²) in [6.07, 6.45) is 0. The van der Waals surface area contributed by atoms with Crippen LogP contribution in [0.2, 0.25) is 0 Å². The van der Waals surface area contributed by atoms with E-state index in [1.165, 1.54) is 13.2 Å². The minimum Gasteiger partial charge on any atom is -0.497 e. The highest BCUT2D eigenvalue weighted by Crippen LogP contribution is 2.34. The molecule has 0 aliphatic carbocycles. The molecule has 134 valence electrons.